The number of carbonyl (C=O) groups excluding carboxylic acids is 4. The van der Waals surface area contributed by atoms with Crippen LogP contribution in [-0.4, -0.2) is 96.7 Å². The first-order chi connectivity index (χ1) is 31.2. The van der Waals surface area contributed by atoms with Gasteiger partial charge < -0.3 is 33.8 Å². The summed E-state index contributed by atoms with van der Waals surface area (Å²) in [5.41, 5.74) is 0. The van der Waals surface area contributed by atoms with E-state index in [1.807, 2.05) is 0 Å². The summed E-state index contributed by atoms with van der Waals surface area (Å²) in [5.74, 6) is -2.19. The molecule has 0 bridgehead atoms. The molecule has 3 N–H and O–H groups in total. The Morgan fingerprint density at radius 1 is 0.369 bits per heavy atom. The average Bonchev–Trinajstić information content (AvgIpc) is 3.27. The van der Waals surface area contributed by atoms with Gasteiger partial charge in [-0.1, -0.05) is 163 Å². The van der Waals surface area contributed by atoms with Gasteiger partial charge in [-0.3, -0.25) is 37.3 Å². The smallest absolute Gasteiger partial charge is 0.462 e. The van der Waals surface area contributed by atoms with Gasteiger partial charge in [0.25, 0.3) is 0 Å². The molecule has 19 heteroatoms. The molecular weight excluding hydrogens is 886 g/mol. The molecular formula is C46H88O17P2. The first-order valence-corrected chi connectivity index (χ1v) is 27.8. The minimum atomic E-state index is -4.91. The largest absolute Gasteiger partial charge is 0.472 e. The molecule has 0 aliphatic carbocycles. The van der Waals surface area contributed by atoms with E-state index in [-0.39, 0.29) is 25.7 Å². The van der Waals surface area contributed by atoms with Crippen LogP contribution in [0.3, 0.4) is 0 Å². The second-order valence-electron chi connectivity index (χ2n) is 16.8. The predicted molar refractivity (Wildman–Crippen MR) is 248 cm³/mol. The maximum absolute atomic E-state index is 12.7. The van der Waals surface area contributed by atoms with Crippen LogP contribution in [-0.2, 0) is 65.4 Å². The molecule has 17 nitrogen and oxygen atoms in total. The molecule has 0 aromatic carbocycles. The van der Waals surface area contributed by atoms with Crippen molar-refractivity contribution < 1.29 is 80.2 Å². The van der Waals surface area contributed by atoms with Gasteiger partial charge in [0.2, 0.25) is 0 Å². The van der Waals surface area contributed by atoms with E-state index >= 15 is 0 Å². The van der Waals surface area contributed by atoms with Crippen molar-refractivity contribution in [2.45, 2.75) is 232 Å². The summed E-state index contributed by atoms with van der Waals surface area (Å²) in [6, 6.07) is 0. The van der Waals surface area contributed by atoms with E-state index < -0.39 is 97.5 Å². The molecule has 0 heterocycles. The molecule has 0 radical (unpaired) electrons. The van der Waals surface area contributed by atoms with E-state index in [1.165, 1.54) is 19.3 Å². The number of carbonyl (C=O) groups is 4. The summed E-state index contributed by atoms with van der Waals surface area (Å²) in [5, 5.41) is 10.4. The Labute approximate surface area is 390 Å². The van der Waals surface area contributed by atoms with E-state index in [4.69, 9.17) is 37.0 Å². The van der Waals surface area contributed by atoms with Crippen LogP contribution in [0.2, 0.25) is 0 Å². The molecule has 0 spiro atoms. The lowest BCUT2D eigenvalue weighted by Gasteiger charge is -2.21. The Morgan fingerprint density at radius 3 is 0.908 bits per heavy atom. The summed E-state index contributed by atoms with van der Waals surface area (Å²) in [7, 11) is -9.82. The topological polar surface area (TPSA) is 237 Å². The van der Waals surface area contributed by atoms with Crippen molar-refractivity contribution in [3.8, 4) is 0 Å². The van der Waals surface area contributed by atoms with E-state index in [0.29, 0.717) is 25.7 Å². The third kappa shape index (κ3) is 41.9. The Bertz CT molecular complexity index is 1300. The third-order valence-electron chi connectivity index (χ3n) is 10.4. The van der Waals surface area contributed by atoms with Crippen LogP contribution >= 0.6 is 15.6 Å². The van der Waals surface area contributed by atoms with Crippen LogP contribution in [0.1, 0.15) is 214 Å². The lowest BCUT2D eigenvalue weighted by molar-refractivity contribution is -0.161. The normalized spacial score (nSPS) is 14.8. The van der Waals surface area contributed by atoms with Gasteiger partial charge in [-0.15, -0.1) is 0 Å². The molecule has 2 unspecified atom stereocenters. The highest BCUT2D eigenvalue weighted by atomic mass is 31.2. The molecule has 0 aliphatic rings. The highest BCUT2D eigenvalue weighted by Gasteiger charge is 2.30. The molecule has 0 aromatic heterocycles. The fourth-order valence-corrected chi connectivity index (χ4v) is 8.03. The van der Waals surface area contributed by atoms with Gasteiger partial charge in [-0.25, -0.2) is 9.13 Å². The van der Waals surface area contributed by atoms with E-state index in [1.54, 1.807) is 0 Å². The summed E-state index contributed by atoms with van der Waals surface area (Å²) in [6.45, 7) is 4.50. The zero-order valence-electron chi connectivity index (χ0n) is 40.4. The van der Waals surface area contributed by atoms with Crippen molar-refractivity contribution in [3.05, 3.63) is 0 Å². The van der Waals surface area contributed by atoms with Crippen molar-refractivity contribution in [3.63, 3.8) is 0 Å². The average molecular weight is 975 g/mol. The number of unbranched alkanes of at least 4 members (excludes halogenated alkanes) is 21. The molecule has 0 rings (SSSR count). The van der Waals surface area contributed by atoms with Gasteiger partial charge in [0.15, 0.2) is 12.2 Å². The lowest BCUT2D eigenvalue weighted by atomic mass is 10.1. The standard InChI is InChI=1S/C46H88O17P2/c1-5-9-13-17-19-21-25-29-33-46(51)63-42(37-57-44(49)31-27-24-20-18-14-10-6-2)39-61-65(54,55)59-35-40(47)34-58-64(52,53)60-38-41(62-45(50)32-28-23-16-12-8-4)36-56-43(48)30-26-22-15-11-7-3/h40-42,47H,5-39H2,1-4H3,(H,52,53)(H,54,55)/t40-,41+,42+/m0/s1. The first-order valence-electron chi connectivity index (χ1n) is 24.8. The summed E-state index contributed by atoms with van der Waals surface area (Å²) in [6.07, 6.45) is 20.7. The van der Waals surface area contributed by atoms with Crippen LogP contribution in [0.5, 0.6) is 0 Å². The molecule has 65 heavy (non-hydrogen) atoms. The van der Waals surface area contributed by atoms with Crippen molar-refractivity contribution in [1.82, 2.24) is 0 Å². The fourth-order valence-electron chi connectivity index (χ4n) is 6.45. The van der Waals surface area contributed by atoms with Gasteiger partial charge in [-0.05, 0) is 25.7 Å². The van der Waals surface area contributed by atoms with Crippen LogP contribution in [0.4, 0.5) is 0 Å². The molecule has 5 atom stereocenters. The van der Waals surface area contributed by atoms with Crippen molar-refractivity contribution >= 4 is 39.5 Å². The van der Waals surface area contributed by atoms with Crippen molar-refractivity contribution in [2.24, 2.45) is 0 Å². The number of phosphoric acid groups is 2. The second kappa shape index (κ2) is 42.2. The van der Waals surface area contributed by atoms with Crippen LogP contribution < -0.4 is 0 Å². The van der Waals surface area contributed by atoms with Gasteiger partial charge in [-0.2, -0.15) is 0 Å². The maximum atomic E-state index is 12.7. The number of ether oxygens (including phenoxy) is 4. The Morgan fingerprint density at radius 2 is 0.615 bits per heavy atom. The van der Waals surface area contributed by atoms with Crippen LogP contribution in [0.25, 0.3) is 0 Å². The van der Waals surface area contributed by atoms with Gasteiger partial charge in [0.1, 0.15) is 19.3 Å². The zero-order chi connectivity index (χ0) is 48.4. The zero-order valence-corrected chi connectivity index (χ0v) is 42.2. The van der Waals surface area contributed by atoms with E-state index in [9.17, 15) is 43.2 Å². The fraction of sp³-hybridized carbons (Fsp3) is 0.913. The van der Waals surface area contributed by atoms with E-state index in [2.05, 4.69) is 27.7 Å². The van der Waals surface area contributed by atoms with Gasteiger partial charge in [0.05, 0.1) is 26.4 Å². The maximum Gasteiger partial charge on any atom is 0.472 e. The number of aliphatic hydroxyl groups excluding tert-OH is 1. The number of phosphoric ester groups is 2. The molecule has 0 saturated carbocycles. The molecule has 0 saturated heterocycles. The highest BCUT2D eigenvalue weighted by Crippen LogP contribution is 2.45. The first kappa shape index (κ1) is 63.1. The minimum Gasteiger partial charge on any atom is -0.462 e. The number of hydrogen-bond acceptors (Lipinski definition) is 15. The summed E-state index contributed by atoms with van der Waals surface area (Å²) in [4.78, 5) is 70.6. The molecule has 0 aromatic rings. The molecule has 384 valence electrons. The van der Waals surface area contributed by atoms with Gasteiger partial charge in [0, 0.05) is 25.7 Å². The number of aliphatic hydroxyl groups is 1. The summed E-state index contributed by atoms with van der Waals surface area (Å²) >= 11 is 0. The molecule has 0 amide bonds. The number of hydrogen-bond donors (Lipinski definition) is 3. The quantitative estimate of drug-likeness (QED) is 0.0222. The Hall–Kier alpha value is -1.94. The third-order valence-corrected chi connectivity index (χ3v) is 12.3. The monoisotopic (exact) mass is 975 g/mol. The predicted octanol–water partition coefficient (Wildman–Crippen LogP) is 10.9. The van der Waals surface area contributed by atoms with Crippen LogP contribution in [0.15, 0.2) is 0 Å². The van der Waals surface area contributed by atoms with Gasteiger partial charge >= 0.3 is 39.5 Å². The minimum absolute atomic E-state index is 0.0987. The summed E-state index contributed by atoms with van der Waals surface area (Å²) < 4.78 is 66.6. The van der Waals surface area contributed by atoms with E-state index in [0.717, 1.165) is 116 Å². The Kier molecular flexibility index (Phi) is 40.9. The molecule has 0 fully saturated rings. The second-order valence-corrected chi connectivity index (χ2v) is 19.7. The highest BCUT2D eigenvalue weighted by molar-refractivity contribution is 7.47. The van der Waals surface area contributed by atoms with Crippen LogP contribution in [0, 0.1) is 0 Å². The lowest BCUT2D eigenvalue weighted by Crippen LogP contribution is -2.30. The molecule has 0 aliphatic heterocycles. The Balaban J connectivity index is 5.14. The number of rotatable bonds is 47. The van der Waals surface area contributed by atoms with Crippen molar-refractivity contribution in [1.29, 1.82) is 0 Å². The SMILES string of the molecule is CCCCCCCCCCC(=O)O[C@H](COC(=O)CCCCCCCCC)COP(=O)(O)OC[C@@H](O)COP(=O)(O)OC[C@@H](COC(=O)CCCCCCC)OC(=O)CCCCCCC. The van der Waals surface area contributed by atoms with Crippen molar-refractivity contribution in [2.75, 3.05) is 39.6 Å². The number of esters is 4.